The summed E-state index contributed by atoms with van der Waals surface area (Å²) in [6, 6.07) is 16.0. The fourth-order valence-corrected chi connectivity index (χ4v) is 3.02. The number of nitrogens with zero attached hydrogens (tertiary/aromatic N) is 1. The van der Waals surface area contributed by atoms with Gasteiger partial charge in [0.05, 0.1) is 6.61 Å². The third-order valence-electron chi connectivity index (χ3n) is 4.99. The van der Waals surface area contributed by atoms with E-state index in [1.807, 2.05) is 49.4 Å². The standard InChI is InChI=1S/C24H32N4O2.HI/c1-3-6-23(29)28-21-13-11-18(12-14-21)15-26-24(25-2)27-16-20-7-4-5-8-22(20)30-17-19-9-10-19;/h4-5,7-8,11-14,19H,3,6,9-10,15-17H2,1-2H3,(H,28,29)(H2,25,26,27);1H. The monoisotopic (exact) mass is 536 g/mol. The number of aliphatic imine (C=N–C) groups is 1. The van der Waals surface area contributed by atoms with Gasteiger partial charge in [0.15, 0.2) is 5.96 Å². The molecule has 0 aliphatic heterocycles. The van der Waals surface area contributed by atoms with Crippen LogP contribution in [-0.2, 0) is 17.9 Å². The zero-order valence-corrected chi connectivity index (χ0v) is 20.6. The van der Waals surface area contributed by atoms with Crippen LogP contribution in [0.1, 0.15) is 43.7 Å². The lowest BCUT2D eigenvalue weighted by Gasteiger charge is -2.15. The van der Waals surface area contributed by atoms with E-state index in [1.165, 1.54) is 12.8 Å². The number of benzene rings is 2. The van der Waals surface area contributed by atoms with Crippen molar-refractivity contribution in [3.05, 3.63) is 59.7 Å². The Morgan fingerprint density at radius 1 is 1.06 bits per heavy atom. The second-order valence-electron chi connectivity index (χ2n) is 7.64. The van der Waals surface area contributed by atoms with Crippen LogP contribution in [0.5, 0.6) is 5.75 Å². The molecule has 31 heavy (non-hydrogen) atoms. The molecule has 0 aromatic heterocycles. The van der Waals surface area contributed by atoms with Gasteiger partial charge < -0.3 is 20.7 Å². The molecule has 3 N–H and O–H groups in total. The molecule has 1 saturated carbocycles. The van der Waals surface area contributed by atoms with Crippen molar-refractivity contribution in [3.63, 3.8) is 0 Å². The van der Waals surface area contributed by atoms with E-state index < -0.39 is 0 Å². The number of para-hydroxylation sites is 1. The van der Waals surface area contributed by atoms with Gasteiger partial charge in [-0.2, -0.15) is 0 Å². The Labute approximate surface area is 202 Å². The van der Waals surface area contributed by atoms with Crippen molar-refractivity contribution in [2.24, 2.45) is 10.9 Å². The van der Waals surface area contributed by atoms with E-state index in [0.29, 0.717) is 19.5 Å². The molecule has 0 heterocycles. The molecule has 1 aliphatic rings. The molecule has 1 aliphatic carbocycles. The minimum Gasteiger partial charge on any atom is -0.493 e. The summed E-state index contributed by atoms with van der Waals surface area (Å²) < 4.78 is 5.98. The highest BCUT2D eigenvalue weighted by molar-refractivity contribution is 14.0. The van der Waals surface area contributed by atoms with Gasteiger partial charge in [0.2, 0.25) is 5.91 Å². The highest BCUT2D eigenvalue weighted by Crippen LogP contribution is 2.30. The van der Waals surface area contributed by atoms with Crippen LogP contribution in [0.3, 0.4) is 0 Å². The average Bonchev–Trinajstić information content (AvgIpc) is 3.59. The van der Waals surface area contributed by atoms with E-state index in [9.17, 15) is 4.79 Å². The van der Waals surface area contributed by atoms with Crippen molar-refractivity contribution in [2.75, 3.05) is 19.0 Å². The summed E-state index contributed by atoms with van der Waals surface area (Å²) in [6.07, 6.45) is 3.95. The molecule has 6 nitrogen and oxygen atoms in total. The number of carbonyl (C=O) groups is 1. The molecule has 1 fully saturated rings. The minimum atomic E-state index is 0. The molecule has 0 unspecified atom stereocenters. The Hall–Kier alpha value is -2.29. The zero-order valence-electron chi connectivity index (χ0n) is 18.3. The molecule has 0 radical (unpaired) electrons. The van der Waals surface area contributed by atoms with Crippen LogP contribution < -0.4 is 20.7 Å². The van der Waals surface area contributed by atoms with Gasteiger partial charge >= 0.3 is 0 Å². The molecule has 0 spiro atoms. The molecule has 2 aromatic carbocycles. The summed E-state index contributed by atoms with van der Waals surface area (Å²) >= 11 is 0. The first kappa shape index (κ1) is 25.0. The summed E-state index contributed by atoms with van der Waals surface area (Å²) in [6.45, 7) is 4.08. The van der Waals surface area contributed by atoms with Crippen LogP contribution in [0.15, 0.2) is 53.5 Å². The Kier molecular flexibility index (Phi) is 10.6. The highest BCUT2D eigenvalue weighted by Gasteiger charge is 2.22. The van der Waals surface area contributed by atoms with E-state index in [-0.39, 0.29) is 29.9 Å². The quantitative estimate of drug-likeness (QED) is 0.234. The summed E-state index contributed by atoms with van der Waals surface area (Å²) in [5.74, 6) is 2.45. The van der Waals surface area contributed by atoms with Gasteiger partial charge in [0.1, 0.15) is 5.75 Å². The molecular weight excluding hydrogens is 503 g/mol. The van der Waals surface area contributed by atoms with Gasteiger partial charge in [-0.05, 0) is 48.9 Å². The molecular formula is C24H33IN4O2. The number of halogens is 1. The van der Waals surface area contributed by atoms with Crippen LogP contribution in [0.25, 0.3) is 0 Å². The lowest BCUT2D eigenvalue weighted by atomic mass is 10.2. The average molecular weight is 536 g/mol. The predicted octanol–water partition coefficient (Wildman–Crippen LogP) is 4.70. The van der Waals surface area contributed by atoms with Crippen molar-refractivity contribution in [3.8, 4) is 5.75 Å². The number of guanidine groups is 1. The second-order valence-corrected chi connectivity index (χ2v) is 7.64. The van der Waals surface area contributed by atoms with Crippen LogP contribution in [0.4, 0.5) is 5.69 Å². The SMILES string of the molecule is CCCC(=O)Nc1ccc(CNC(=NC)NCc2ccccc2OCC2CC2)cc1.I. The third-order valence-corrected chi connectivity index (χ3v) is 4.99. The van der Waals surface area contributed by atoms with E-state index >= 15 is 0 Å². The van der Waals surface area contributed by atoms with Gasteiger partial charge in [-0.1, -0.05) is 37.3 Å². The summed E-state index contributed by atoms with van der Waals surface area (Å²) in [5.41, 5.74) is 3.05. The minimum absolute atomic E-state index is 0. The number of anilines is 1. The maximum Gasteiger partial charge on any atom is 0.224 e. The lowest BCUT2D eigenvalue weighted by molar-refractivity contribution is -0.116. The second kappa shape index (κ2) is 13.2. The number of hydrogen-bond acceptors (Lipinski definition) is 3. The summed E-state index contributed by atoms with van der Waals surface area (Å²) in [4.78, 5) is 16.0. The first-order chi connectivity index (χ1) is 14.7. The molecule has 0 bridgehead atoms. The van der Waals surface area contributed by atoms with Gasteiger partial charge in [-0.15, -0.1) is 24.0 Å². The van der Waals surface area contributed by atoms with Crippen molar-refractivity contribution >= 4 is 41.5 Å². The normalized spacial score (nSPS) is 13.2. The maximum atomic E-state index is 11.7. The largest absolute Gasteiger partial charge is 0.493 e. The Morgan fingerprint density at radius 3 is 2.45 bits per heavy atom. The fraction of sp³-hybridized carbons (Fsp3) is 0.417. The Balaban J connectivity index is 0.00000341. The molecule has 1 amide bonds. The number of carbonyl (C=O) groups excluding carboxylic acids is 1. The number of nitrogens with one attached hydrogen (secondary N) is 3. The van der Waals surface area contributed by atoms with E-state index in [1.54, 1.807) is 7.05 Å². The third kappa shape index (κ3) is 8.77. The van der Waals surface area contributed by atoms with Crippen LogP contribution in [0.2, 0.25) is 0 Å². The van der Waals surface area contributed by atoms with E-state index in [2.05, 4.69) is 27.0 Å². The first-order valence-corrected chi connectivity index (χ1v) is 10.7. The Bertz CT molecular complexity index is 851. The van der Waals surface area contributed by atoms with E-state index in [0.717, 1.165) is 47.5 Å². The molecule has 3 rings (SSSR count). The molecule has 7 heteroatoms. The number of rotatable bonds is 10. The molecule has 2 aromatic rings. The van der Waals surface area contributed by atoms with Crippen molar-refractivity contribution < 1.29 is 9.53 Å². The number of amides is 1. The summed E-state index contributed by atoms with van der Waals surface area (Å²) in [7, 11) is 1.76. The molecule has 0 atom stereocenters. The van der Waals surface area contributed by atoms with Crippen LogP contribution in [-0.4, -0.2) is 25.5 Å². The van der Waals surface area contributed by atoms with Gasteiger partial charge in [0.25, 0.3) is 0 Å². The zero-order chi connectivity index (χ0) is 21.2. The summed E-state index contributed by atoms with van der Waals surface area (Å²) in [5, 5.41) is 9.58. The van der Waals surface area contributed by atoms with Crippen molar-refractivity contribution in [1.29, 1.82) is 0 Å². The number of ether oxygens (including phenoxy) is 1. The molecule has 0 saturated heterocycles. The molecule has 168 valence electrons. The highest BCUT2D eigenvalue weighted by atomic mass is 127. The predicted molar refractivity (Wildman–Crippen MR) is 137 cm³/mol. The fourth-order valence-electron chi connectivity index (χ4n) is 3.02. The Morgan fingerprint density at radius 2 is 1.77 bits per heavy atom. The lowest BCUT2D eigenvalue weighted by Crippen LogP contribution is -2.36. The van der Waals surface area contributed by atoms with Crippen LogP contribution >= 0.6 is 24.0 Å². The van der Waals surface area contributed by atoms with E-state index in [4.69, 9.17) is 4.74 Å². The van der Waals surface area contributed by atoms with Gasteiger partial charge in [-0.3, -0.25) is 9.79 Å². The maximum absolute atomic E-state index is 11.7. The van der Waals surface area contributed by atoms with Crippen molar-refractivity contribution in [1.82, 2.24) is 10.6 Å². The topological polar surface area (TPSA) is 74.8 Å². The van der Waals surface area contributed by atoms with Crippen molar-refractivity contribution in [2.45, 2.75) is 45.7 Å². The van der Waals surface area contributed by atoms with Crippen LogP contribution in [0, 0.1) is 5.92 Å². The van der Waals surface area contributed by atoms with Gasteiger partial charge in [0, 0.05) is 37.8 Å². The number of hydrogen-bond donors (Lipinski definition) is 3. The first-order valence-electron chi connectivity index (χ1n) is 10.7. The smallest absolute Gasteiger partial charge is 0.224 e. The van der Waals surface area contributed by atoms with Gasteiger partial charge in [-0.25, -0.2) is 0 Å².